The number of para-hydroxylation sites is 1. The molecule has 0 aliphatic rings. The number of rotatable bonds is 6. The van der Waals surface area contributed by atoms with Gasteiger partial charge in [0.25, 0.3) is 0 Å². The maximum Gasteiger partial charge on any atom is 0.345 e. The average Bonchev–Trinajstić information content (AvgIpc) is 2.48. The fourth-order valence-electron chi connectivity index (χ4n) is 2.10. The van der Waals surface area contributed by atoms with Gasteiger partial charge in [0.05, 0.1) is 0 Å². The Morgan fingerprint density at radius 2 is 1.67 bits per heavy atom. The molecule has 2 rings (SSSR count). The van der Waals surface area contributed by atoms with Crippen LogP contribution in [0.3, 0.4) is 0 Å². The highest BCUT2D eigenvalue weighted by Gasteiger charge is 2.20. The van der Waals surface area contributed by atoms with E-state index in [2.05, 4.69) is 13.8 Å². The molecule has 0 amide bonds. The summed E-state index contributed by atoms with van der Waals surface area (Å²) in [4.78, 5) is 11.4. The van der Waals surface area contributed by atoms with Gasteiger partial charge in [0.15, 0.2) is 6.10 Å². The van der Waals surface area contributed by atoms with Crippen molar-refractivity contribution in [3.8, 4) is 5.75 Å². The topological polar surface area (TPSA) is 46.5 Å². The minimum absolute atomic E-state index is 0.350. The van der Waals surface area contributed by atoms with Crippen molar-refractivity contribution in [1.29, 1.82) is 0 Å². The van der Waals surface area contributed by atoms with Crippen LogP contribution in [0.2, 0.25) is 0 Å². The fraction of sp³-hybridized carbons (Fsp3) is 0.278. The monoisotopic (exact) mass is 284 g/mol. The summed E-state index contributed by atoms with van der Waals surface area (Å²) in [5.74, 6) is 0.0883. The SMILES string of the molecule is CC(C)c1ccc(C[C@H](Oc2ccccc2)C(=O)O)cc1. The fourth-order valence-corrected chi connectivity index (χ4v) is 2.10. The first-order chi connectivity index (χ1) is 10.1. The molecule has 0 aliphatic carbocycles. The third-order valence-electron chi connectivity index (χ3n) is 3.36. The molecule has 0 spiro atoms. The molecule has 2 aromatic rings. The van der Waals surface area contributed by atoms with E-state index >= 15 is 0 Å². The zero-order valence-electron chi connectivity index (χ0n) is 12.3. The molecule has 3 nitrogen and oxygen atoms in total. The van der Waals surface area contributed by atoms with Crippen LogP contribution < -0.4 is 4.74 Å². The molecule has 0 saturated heterocycles. The summed E-state index contributed by atoms with van der Waals surface area (Å²) in [6.45, 7) is 4.27. The number of carbonyl (C=O) groups is 1. The molecule has 0 heterocycles. The highest BCUT2D eigenvalue weighted by atomic mass is 16.5. The Morgan fingerprint density at radius 1 is 1.05 bits per heavy atom. The maximum atomic E-state index is 11.4. The second-order valence-electron chi connectivity index (χ2n) is 5.36. The molecule has 1 atom stereocenters. The summed E-state index contributed by atoms with van der Waals surface area (Å²) in [6, 6.07) is 17.1. The van der Waals surface area contributed by atoms with Crippen molar-refractivity contribution in [2.75, 3.05) is 0 Å². The zero-order chi connectivity index (χ0) is 15.2. The molecular weight excluding hydrogens is 264 g/mol. The van der Waals surface area contributed by atoms with Crippen LogP contribution in [0, 0.1) is 0 Å². The highest BCUT2D eigenvalue weighted by molar-refractivity contribution is 5.73. The third-order valence-corrected chi connectivity index (χ3v) is 3.36. The molecule has 0 aromatic heterocycles. The average molecular weight is 284 g/mol. The Kier molecular flexibility index (Phi) is 4.99. The number of hydrogen-bond acceptors (Lipinski definition) is 2. The summed E-state index contributed by atoms with van der Waals surface area (Å²) in [5.41, 5.74) is 2.21. The van der Waals surface area contributed by atoms with Crippen LogP contribution in [0.25, 0.3) is 0 Å². The number of hydrogen-bond donors (Lipinski definition) is 1. The number of aliphatic carboxylic acids is 1. The van der Waals surface area contributed by atoms with Gasteiger partial charge in [-0.2, -0.15) is 0 Å². The van der Waals surface area contributed by atoms with E-state index in [1.54, 1.807) is 12.1 Å². The van der Waals surface area contributed by atoms with E-state index in [0.717, 1.165) is 5.56 Å². The Morgan fingerprint density at radius 3 is 2.19 bits per heavy atom. The van der Waals surface area contributed by atoms with Crippen LogP contribution >= 0.6 is 0 Å². The van der Waals surface area contributed by atoms with Gasteiger partial charge in [-0.1, -0.05) is 56.3 Å². The van der Waals surface area contributed by atoms with Crippen molar-refractivity contribution in [3.05, 3.63) is 65.7 Å². The van der Waals surface area contributed by atoms with Gasteiger partial charge >= 0.3 is 5.97 Å². The lowest BCUT2D eigenvalue weighted by Gasteiger charge is -2.15. The van der Waals surface area contributed by atoms with Gasteiger partial charge in [-0.05, 0) is 29.2 Å². The molecule has 21 heavy (non-hydrogen) atoms. The first-order valence-electron chi connectivity index (χ1n) is 7.09. The molecule has 0 aliphatic heterocycles. The first-order valence-corrected chi connectivity index (χ1v) is 7.09. The molecule has 2 aromatic carbocycles. The normalized spacial score (nSPS) is 12.1. The predicted molar refractivity (Wildman–Crippen MR) is 82.7 cm³/mol. The van der Waals surface area contributed by atoms with Crippen molar-refractivity contribution in [3.63, 3.8) is 0 Å². The van der Waals surface area contributed by atoms with Crippen molar-refractivity contribution < 1.29 is 14.6 Å². The molecule has 110 valence electrons. The van der Waals surface area contributed by atoms with Crippen LogP contribution in [-0.4, -0.2) is 17.2 Å². The summed E-state index contributed by atoms with van der Waals surface area (Å²) in [6.07, 6.45) is -0.528. The summed E-state index contributed by atoms with van der Waals surface area (Å²) >= 11 is 0. The van der Waals surface area contributed by atoms with E-state index in [9.17, 15) is 9.90 Å². The quantitative estimate of drug-likeness (QED) is 0.875. The number of carboxylic acids is 1. The number of ether oxygens (including phenoxy) is 1. The smallest absolute Gasteiger partial charge is 0.345 e. The van der Waals surface area contributed by atoms with Crippen LogP contribution in [-0.2, 0) is 11.2 Å². The van der Waals surface area contributed by atoms with E-state index in [1.165, 1.54) is 5.56 Å². The molecule has 1 N–H and O–H groups in total. The van der Waals surface area contributed by atoms with E-state index < -0.39 is 12.1 Å². The Hall–Kier alpha value is -2.29. The van der Waals surface area contributed by atoms with Crippen molar-refractivity contribution >= 4 is 5.97 Å². The summed E-state index contributed by atoms with van der Waals surface area (Å²) in [7, 11) is 0. The molecule has 0 radical (unpaired) electrons. The van der Waals surface area contributed by atoms with E-state index in [1.807, 2.05) is 42.5 Å². The lowest BCUT2D eigenvalue weighted by molar-refractivity contribution is -0.145. The van der Waals surface area contributed by atoms with Gasteiger partial charge in [0.1, 0.15) is 5.75 Å². The van der Waals surface area contributed by atoms with Crippen molar-refractivity contribution in [1.82, 2.24) is 0 Å². The molecular formula is C18H20O3. The van der Waals surface area contributed by atoms with E-state index in [0.29, 0.717) is 18.1 Å². The van der Waals surface area contributed by atoms with Crippen molar-refractivity contribution in [2.45, 2.75) is 32.3 Å². The van der Waals surface area contributed by atoms with Gasteiger partial charge < -0.3 is 9.84 Å². The number of carboxylic acid groups (broad SMARTS) is 1. The third kappa shape index (κ3) is 4.35. The first kappa shape index (κ1) is 15.1. The number of benzene rings is 2. The maximum absolute atomic E-state index is 11.4. The highest BCUT2D eigenvalue weighted by Crippen LogP contribution is 2.17. The minimum atomic E-state index is -0.952. The van der Waals surface area contributed by atoms with Crippen LogP contribution in [0.15, 0.2) is 54.6 Å². The zero-order valence-corrected chi connectivity index (χ0v) is 12.3. The van der Waals surface area contributed by atoms with Crippen LogP contribution in [0.1, 0.15) is 30.9 Å². The lowest BCUT2D eigenvalue weighted by Crippen LogP contribution is -2.29. The minimum Gasteiger partial charge on any atom is -0.478 e. The molecule has 0 bridgehead atoms. The summed E-state index contributed by atoms with van der Waals surface area (Å²) in [5, 5.41) is 9.31. The Labute approximate surface area is 125 Å². The Bertz CT molecular complexity index is 573. The molecule has 3 heteroatoms. The molecule has 0 saturated carbocycles. The summed E-state index contributed by atoms with van der Waals surface area (Å²) < 4.78 is 5.56. The molecule has 0 fully saturated rings. The van der Waals surface area contributed by atoms with Gasteiger partial charge in [0.2, 0.25) is 0 Å². The van der Waals surface area contributed by atoms with Gasteiger partial charge in [-0.3, -0.25) is 0 Å². The van der Waals surface area contributed by atoms with E-state index in [-0.39, 0.29) is 0 Å². The van der Waals surface area contributed by atoms with Crippen molar-refractivity contribution in [2.24, 2.45) is 0 Å². The molecule has 0 unspecified atom stereocenters. The van der Waals surface area contributed by atoms with Gasteiger partial charge in [0, 0.05) is 6.42 Å². The van der Waals surface area contributed by atoms with Gasteiger partial charge in [-0.25, -0.2) is 4.79 Å². The Balaban J connectivity index is 2.07. The van der Waals surface area contributed by atoms with Crippen LogP contribution in [0.4, 0.5) is 0 Å². The standard InChI is InChI=1S/C18H20O3/c1-13(2)15-10-8-14(9-11-15)12-17(18(19)20)21-16-6-4-3-5-7-16/h3-11,13,17H,12H2,1-2H3,(H,19,20)/t17-/m0/s1. The predicted octanol–water partition coefficient (Wildman–Crippen LogP) is 3.88. The van der Waals surface area contributed by atoms with Crippen LogP contribution in [0.5, 0.6) is 5.75 Å². The van der Waals surface area contributed by atoms with Gasteiger partial charge in [-0.15, -0.1) is 0 Å². The lowest BCUT2D eigenvalue weighted by atomic mass is 10.00. The second-order valence-corrected chi connectivity index (χ2v) is 5.36. The largest absolute Gasteiger partial charge is 0.478 e. The van der Waals surface area contributed by atoms with E-state index in [4.69, 9.17) is 4.74 Å². The second kappa shape index (κ2) is 6.93.